The van der Waals surface area contributed by atoms with Gasteiger partial charge in [-0.25, -0.2) is 9.48 Å². The molecule has 1 heterocycles. The van der Waals surface area contributed by atoms with Crippen LogP contribution in [0.3, 0.4) is 0 Å². The first-order valence-electron chi connectivity index (χ1n) is 8.79. The van der Waals surface area contributed by atoms with E-state index >= 15 is 0 Å². The van der Waals surface area contributed by atoms with Gasteiger partial charge in [-0.1, -0.05) is 48.5 Å². The summed E-state index contributed by atoms with van der Waals surface area (Å²) >= 11 is 0. The molecule has 0 fully saturated rings. The van der Waals surface area contributed by atoms with Crippen LogP contribution in [0.1, 0.15) is 10.4 Å². The van der Waals surface area contributed by atoms with Gasteiger partial charge in [-0.05, 0) is 24.3 Å². The van der Waals surface area contributed by atoms with Crippen LogP contribution in [0.5, 0.6) is 5.88 Å². The van der Waals surface area contributed by atoms with Crippen LogP contribution in [0.2, 0.25) is 0 Å². The maximum atomic E-state index is 12.6. The summed E-state index contributed by atoms with van der Waals surface area (Å²) in [6, 6.07) is 25.8. The predicted octanol–water partition coefficient (Wildman–Crippen LogP) is 4.67. The van der Waals surface area contributed by atoms with Crippen LogP contribution in [0.25, 0.3) is 16.9 Å². The number of hydrogen-bond acceptors (Lipinski definition) is 5. The number of nitrogens with zero attached hydrogens (tertiary/aromatic N) is 3. The normalized spacial score (nSPS) is 10.5. The molecular weight excluding hydrogens is 370 g/mol. The van der Waals surface area contributed by atoms with Crippen LogP contribution < -0.4 is 4.74 Å². The van der Waals surface area contributed by atoms with E-state index in [9.17, 15) is 14.9 Å². The zero-order valence-electron chi connectivity index (χ0n) is 15.1. The van der Waals surface area contributed by atoms with Gasteiger partial charge in [0, 0.05) is 23.8 Å². The highest BCUT2D eigenvalue weighted by atomic mass is 16.6. The number of rotatable bonds is 5. The quantitative estimate of drug-likeness (QED) is 0.283. The summed E-state index contributed by atoms with van der Waals surface area (Å²) < 4.78 is 7.13. The Morgan fingerprint density at radius 1 is 0.897 bits per heavy atom. The number of non-ortho nitro benzene ring substituents is 1. The minimum Gasteiger partial charge on any atom is -0.404 e. The Kier molecular flexibility index (Phi) is 4.86. The number of benzene rings is 3. The van der Waals surface area contributed by atoms with Crippen LogP contribution in [-0.4, -0.2) is 20.7 Å². The fraction of sp³-hybridized carbons (Fsp3) is 0. The zero-order valence-corrected chi connectivity index (χ0v) is 15.1. The maximum Gasteiger partial charge on any atom is 0.344 e. The Balaban J connectivity index is 1.69. The second-order valence-electron chi connectivity index (χ2n) is 6.17. The summed E-state index contributed by atoms with van der Waals surface area (Å²) in [5.74, 6) is -0.380. The van der Waals surface area contributed by atoms with Gasteiger partial charge in [0.15, 0.2) is 0 Å². The van der Waals surface area contributed by atoms with E-state index in [4.69, 9.17) is 4.74 Å². The van der Waals surface area contributed by atoms with E-state index in [0.717, 1.165) is 11.3 Å². The number of carbonyl (C=O) groups is 1. The molecule has 4 rings (SSSR count). The molecule has 4 aromatic rings. The SMILES string of the molecule is O=C(Oc1cc(-c2ccccc2)nn1-c1ccccc1)c1ccc([N+](=O)[O-])cc1. The molecule has 0 saturated carbocycles. The maximum absolute atomic E-state index is 12.6. The highest BCUT2D eigenvalue weighted by Gasteiger charge is 2.17. The van der Waals surface area contributed by atoms with Crippen molar-refractivity contribution in [1.82, 2.24) is 9.78 Å². The van der Waals surface area contributed by atoms with Crippen molar-refractivity contribution in [2.24, 2.45) is 0 Å². The molecule has 142 valence electrons. The third-order valence-electron chi connectivity index (χ3n) is 4.26. The molecule has 1 aromatic heterocycles. The van der Waals surface area contributed by atoms with E-state index in [1.165, 1.54) is 24.3 Å². The number of nitro benzene ring substituents is 1. The average molecular weight is 385 g/mol. The zero-order chi connectivity index (χ0) is 20.2. The first-order chi connectivity index (χ1) is 14.1. The van der Waals surface area contributed by atoms with Crippen LogP contribution in [0.15, 0.2) is 91.0 Å². The van der Waals surface area contributed by atoms with Gasteiger partial charge in [-0.3, -0.25) is 10.1 Å². The van der Waals surface area contributed by atoms with E-state index in [-0.39, 0.29) is 17.1 Å². The lowest BCUT2D eigenvalue weighted by Crippen LogP contribution is -2.11. The molecule has 0 N–H and O–H groups in total. The van der Waals surface area contributed by atoms with Crippen molar-refractivity contribution < 1.29 is 14.5 Å². The van der Waals surface area contributed by atoms with E-state index in [0.29, 0.717) is 5.69 Å². The molecule has 0 aliphatic heterocycles. The molecular formula is C22H15N3O4. The highest BCUT2D eigenvalue weighted by Crippen LogP contribution is 2.27. The second kappa shape index (κ2) is 7.77. The monoisotopic (exact) mass is 385 g/mol. The Labute approximate surface area is 166 Å². The number of aromatic nitrogens is 2. The molecule has 29 heavy (non-hydrogen) atoms. The van der Waals surface area contributed by atoms with Crippen molar-refractivity contribution in [2.75, 3.05) is 0 Å². The molecule has 0 radical (unpaired) electrons. The van der Waals surface area contributed by atoms with Crippen LogP contribution in [-0.2, 0) is 0 Å². The van der Waals surface area contributed by atoms with Gasteiger partial charge in [0.1, 0.15) is 0 Å². The molecule has 0 bridgehead atoms. The van der Waals surface area contributed by atoms with Gasteiger partial charge in [-0.15, -0.1) is 0 Å². The Hall–Kier alpha value is -4.26. The molecule has 7 nitrogen and oxygen atoms in total. The third kappa shape index (κ3) is 3.89. The number of para-hydroxylation sites is 1. The Morgan fingerprint density at radius 3 is 2.14 bits per heavy atom. The lowest BCUT2D eigenvalue weighted by atomic mass is 10.2. The highest BCUT2D eigenvalue weighted by molar-refractivity contribution is 5.91. The number of nitro groups is 1. The van der Waals surface area contributed by atoms with Crippen molar-refractivity contribution in [3.05, 3.63) is 107 Å². The molecule has 7 heteroatoms. The standard InChI is InChI=1S/C22H15N3O4/c26-22(17-11-13-19(14-12-17)25(27)28)29-21-15-20(16-7-3-1-4-8-16)23-24(21)18-9-5-2-6-10-18/h1-15H. The summed E-state index contributed by atoms with van der Waals surface area (Å²) in [6.07, 6.45) is 0. The van der Waals surface area contributed by atoms with Gasteiger partial charge in [0.25, 0.3) is 5.69 Å². The molecule has 0 saturated heterocycles. The molecule has 0 unspecified atom stereocenters. The van der Waals surface area contributed by atoms with Crippen molar-refractivity contribution in [3.8, 4) is 22.8 Å². The number of carbonyl (C=O) groups excluding carboxylic acids is 1. The minimum atomic E-state index is -0.628. The lowest BCUT2D eigenvalue weighted by Gasteiger charge is -2.07. The van der Waals surface area contributed by atoms with Crippen LogP contribution in [0.4, 0.5) is 5.69 Å². The van der Waals surface area contributed by atoms with E-state index < -0.39 is 10.9 Å². The van der Waals surface area contributed by atoms with E-state index in [2.05, 4.69) is 5.10 Å². The van der Waals surface area contributed by atoms with Crippen molar-refractivity contribution >= 4 is 11.7 Å². The van der Waals surface area contributed by atoms with E-state index in [1.54, 1.807) is 10.7 Å². The largest absolute Gasteiger partial charge is 0.404 e. The summed E-state index contributed by atoms with van der Waals surface area (Å²) in [7, 11) is 0. The molecule has 0 aliphatic rings. The fourth-order valence-corrected chi connectivity index (χ4v) is 2.81. The summed E-state index contributed by atoms with van der Waals surface area (Å²) in [6.45, 7) is 0. The summed E-state index contributed by atoms with van der Waals surface area (Å²) in [5.41, 5.74) is 2.39. The second-order valence-corrected chi connectivity index (χ2v) is 6.17. The molecule has 0 atom stereocenters. The van der Waals surface area contributed by atoms with Crippen molar-refractivity contribution in [1.29, 1.82) is 0 Å². The predicted molar refractivity (Wildman–Crippen MR) is 107 cm³/mol. The summed E-state index contributed by atoms with van der Waals surface area (Å²) in [4.78, 5) is 22.9. The first-order valence-corrected chi connectivity index (χ1v) is 8.79. The number of esters is 1. The minimum absolute atomic E-state index is 0.0951. The molecule has 3 aromatic carbocycles. The number of ether oxygens (including phenoxy) is 1. The van der Waals surface area contributed by atoms with E-state index in [1.807, 2.05) is 60.7 Å². The van der Waals surface area contributed by atoms with Crippen molar-refractivity contribution in [2.45, 2.75) is 0 Å². The van der Waals surface area contributed by atoms with Gasteiger partial charge in [0.05, 0.1) is 21.9 Å². The van der Waals surface area contributed by atoms with Gasteiger partial charge in [-0.2, -0.15) is 5.10 Å². The summed E-state index contributed by atoms with van der Waals surface area (Å²) in [5, 5.41) is 15.4. The molecule has 0 spiro atoms. The van der Waals surface area contributed by atoms with Gasteiger partial charge < -0.3 is 4.74 Å². The average Bonchev–Trinajstić information content (AvgIpc) is 3.19. The first kappa shape index (κ1) is 18.1. The molecule has 0 amide bonds. The van der Waals surface area contributed by atoms with Crippen LogP contribution in [0, 0.1) is 10.1 Å². The number of hydrogen-bond donors (Lipinski definition) is 0. The van der Waals surface area contributed by atoms with Gasteiger partial charge in [0.2, 0.25) is 5.88 Å². The molecule has 0 aliphatic carbocycles. The van der Waals surface area contributed by atoms with Crippen LogP contribution >= 0.6 is 0 Å². The van der Waals surface area contributed by atoms with Gasteiger partial charge >= 0.3 is 5.97 Å². The fourth-order valence-electron chi connectivity index (χ4n) is 2.81. The Bertz CT molecular complexity index is 1150. The topological polar surface area (TPSA) is 87.3 Å². The Morgan fingerprint density at radius 2 is 1.52 bits per heavy atom. The third-order valence-corrected chi connectivity index (χ3v) is 4.26. The smallest absolute Gasteiger partial charge is 0.344 e. The lowest BCUT2D eigenvalue weighted by molar-refractivity contribution is -0.384. The van der Waals surface area contributed by atoms with Crippen molar-refractivity contribution in [3.63, 3.8) is 0 Å².